The molecular weight excluding hydrogens is 422 g/mol. The monoisotopic (exact) mass is 437 g/mol. The quantitative estimate of drug-likeness (QED) is 0.455. The van der Waals surface area contributed by atoms with Gasteiger partial charge in [0.2, 0.25) is 0 Å². The number of nitrogens with one attached hydrogen (secondary N) is 3. The summed E-state index contributed by atoms with van der Waals surface area (Å²) in [5.41, 5.74) is 5.25. The molecule has 0 aliphatic heterocycles. The largest absolute Gasteiger partial charge is 0.478 e. The molecule has 3 amide bonds. The Morgan fingerprint density at radius 3 is 1.77 bits per heavy atom. The van der Waals surface area contributed by atoms with Gasteiger partial charge in [-0.25, -0.2) is 4.79 Å². The van der Waals surface area contributed by atoms with Gasteiger partial charge in [-0.2, -0.15) is 0 Å². The summed E-state index contributed by atoms with van der Waals surface area (Å²) in [6, 6.07) is 18.0. The van der Waals surface area contributed by atoms with Crippen molar-refractivity contribution in [2.45, 2.75) is 0 Å². The number of hydrogen-bond acceptors (Lipinski definition) is 4. The molecule has 3 aromatic carbocycles. The van der Waals surface area contributed by atoms with Crippen molar-refractivity contribution in [1.82, 2.24) is 10.9 Å². The molecule has 0 aromatic heterocycles. The number of carbonyl (C=O) groups is 4. The van der Waals surface area contributed by atoms with E-state index in [4.69, 9.17) is 16.7 Å². The molecule has 9 heteroatoms. The van der Waals surface area contributed by atoms with Crippen molar-refractivity contribution < 1.29 is 24.3 Å². The first kappa shape index (κ1) is 21.5. The molecule has 8 nitrogen and oxygen atoms in total. The van der Waals surface area contributed by atoms with E-state index < -0.39 is 17.8 Å². The summed E-state index contributed by atoms with van der Waals surface area (Å²) in [4.78, 5) is 47.8. The summed E-state index contributed by atoms with van der Waals surface area (Å²) >= 11 is 5.80. The Morgan fingerprint density at radius 2 is 1.16 bits per heavy atom. The zero-order valence-electron chi connectivity index (χ0n) is 15.9. The van der Waals surface area contributed by atoms with E-state index >= 15 is 0 Å². The van der Waals surface area contributed by atoms with Crippen molar-refractivity contribution >= 4 is 41.0 Å². The molecule has 3 rings (SSSR count). The number of benzene rings is 3. The zero-order chi connectivity index (χ0) is 22.4. The van der Waals surface area contributed by atoms with Crippen LogP contribution in [-0.2, 0) is 0 Å². The molecular formula is C22H16ClN3O5. The van der Waals surface area contributed by atoms with Crippen LogP contribution in [0.25, 0.3) is 0 Å². The Bertz CT molecular complexity index is 1140. The zero-order valence-corrected chi connectivity index (χ0v) is 16.6. The summed E-state index contributed by atoms with van der Waals surface area (Å²) in [6.45, 7) is 0. The Labute approximate surface area is 181 Å². The maximum atomic E-state index is 12.2. The highest BCUT2D eigenvalue weighted by molar-refractivity contribution is 6.30. The first-order valence-corrected chi connectivity index (χ1v) is 9.33. The van der Waals surface area contributed by atoms with Crippen LogP contribution in [0.15, 0.2) is 72.8 Å². The lowest BCUT2D eigenvalue weighted by Gasteiger charge is -2.10. The number of rotatable bonds is 5. The molecule has 0 heterocycles. The first-order chi connectivity index (χ1) is 14.8. The van der Waals surface area contributed by atoms with E-state index in [1.54, 1.807) is 24.3 Å². The first-order valence-electron chi connectivity index (χ1n) is 8.95. The SMILES string of the molecule is O=C(NNC(=O)c1ccccc1C(=O)O)c1ccc(NC(=O)c2ccc(Cl)cc2)cc1. The van der Waals surface area contributed by atoms with Gasteiger partial charge in [-0.05, 0) is 60.7 Å². The van der Waals surface area contributed by atoms with Gasteiger partial charge >= 0.3 is 5.97 Å². The maximum Gasteiger partial charge on any atom is 0.336 e. The van der Waals surface area contributed by atoms with Crippen LogP contribution in [0.1, 0.15) is 41.4 Å². The Morgan fingerprint density at radius 1 is 0.645 bits per heavy atom. The Kier molecular flexibility index (Phi) is 6.64. The van der Waals surface area contributed by atoms with Crippen LogP contribution in [0.4, 0.5) is 5.69 Å². The second kappa shape index (κ2) is 9.55. The van der Waals surface area contributed by atoms with E-state index in [-0.39, 0.29) is 22.6 Å². The molecule has 156 valence electrons. The van der Waals surface area contributed by atoms with Gasteiger partial charge in [0, 0.05) is 21.8 Å². The highest BCUT2D eigenvalue weighted by Crippen LogP contribution is 2.14. The molecule has 4 N–H and O–H groups in total. The number of carbonyl (C=O) groups excluding carboxylic acids is 3. The fourth-order valence-electron chi connectivity index (χ4n) is 2.63. The summed E-state index contributed by atoms with van der Waals surface area (Å²) < 4.78 is 0. The smallest absolute Gasteiger partial charge is 0.336 e. The summed E-state index contributed by atoms with van der Waals surface area (Å²) in [6.07, 6.45) is 0. The number of anilines is 1. The van der Waals surface area contributed by atoms with Crippen LogP contribution < -0.4 is 16.2 Å². The minimum atomic E-state index is -1.26. The van der Waals surface area contributed by atoms with Crippen LogP contribution in [-0.4, -0.2) is 28.8 Å². The third-order valence-corrected chi connectivity index (χ3v) is 4.46. The highest BCUT2D eigenvalue weighted by Gasteiger charge is 2.16. The lowest BCUT2D eigenvalue weighted by Crippen LogP contribution is -2.42. The molecule has 0 saturated carbocycles. The standard InChI is InChI=1S/C22H16ClN3O5/c23-15-9-5-13(6-10-15)19(27)24-16-11-7-14(8-12-16)20(28)25-26-21(29)17-3-1-2-4-18(17)22(30)31/h1-12H,(H,24,27)(H,25,28)(H,26,29)(H,30,31). The van der Waals surface area contributed by atoms with Crippen LogP contribution in [0.2, 0.25) is 5.02 Å². The van der Waals surface area contributed by atoms with Crippen molar-refractivity contribution in [2.24, 2.45) is 0 Å². The average molecular weight is 438 g/mol. The minimum Gasteiger partial charge on any atom is -0.478 e. The van der Waals surface area contributed by atoms with Gasteiger partial charge in [-0.3, -0.25) is 25.2 Å². The van der Waals surface area contributed by atoms with E-state index in [9.17, 15) is 19.2 Å². The Balaban J connectivity index is 1.59. The van der Waals surface area contributed by atoms with Crippen molar-refractivity contribution in [2.75, 3.05) is 5.32 Å². The normalized spacial score (nSPS) is 10.1. The molecule has 0 bridgehead atoms. The number of hydrazine groups is 1. The second-order valence-corrected chi connectivity index (χ2v) is 6.73. The lowest BCUT2D eigenvalue weighted by molar-refractivity contribution is 0.0690. The Hall–Kier alpha value is -4.17. The molecule has 31 heavy (non-hydrogen) atoms. The van der Waals surface area contributed by atoms with Gasteiger partial charge in [-0.15, -0.1) is 0 Å². The third-order valence-electron chi connectivity index (χ3n) is 4.20. The fraction of sp³-hybridized carbons (Fsp3) is 0. The van der Waals surface area contributed by atoms with Gasteiger partial charge in [0.05, 0.1) is 11.1 Å². The number of aromatic carboxylic acids is 1. The van der Waals surface area contributed by atoms with Crippen molar-refractivity contribution in [3.05, 3.63) is 100 Å². The van der Waals surface area contributed by atoms with E-state index in [1.165, 1.54) is 48.5 Å². The van der Waals surface area contributed by atoms with Crippen molar-refractivity contribution in [3.63, 3.8) is 0 Å². The van der Waals surface area contributed by atoms with Crippen LogP contribution in [0.3, 0.4) is 0 Å². The fourth-order valence-corrected chi connectivity index (χ4v) is 2.76. The maximum absolute atomic E-state index is 12.2. The number of carboxylic acids is 1. The number of amides is 3. The molecule has 0 radical (unpaired) electrons. The van der Waals surface area contributed by atoms with E-state index in [1.807, 2.05) is 0 Å². The summed E-state index contributed by atoms with van der Waals surface area (Å²) in [5.74, 6) is -2.97. The average Bonchev–Trinajstić information content (AvgIpc) is 2.78. The van der Waals surface area contributed by atoms with E-state index in [0.717, 1.165) is 0 Å². The van der Waals surface area contributed by atoms with Crippen LogP contribution in [0, 0.1) is 0 Å². The topological polar surface area (TPSA) is 125 Å². The third kappa shape index (κ3) is 5.46. The molecule has 0 unspecified atom stereocenters. The van der Waals surface area contributed by atoms with Gasteiger partial charge in [0.25, 0.3) is 17.7 Å². The van der Waals surface area contributed by atoms with E-state index in [2.05, 4.69) is 16.2 Å². The highest BCUT2D eigenvalue weighted by atomic mass is 35.5. The molecule has 0 spiro atoms. The predicted octanol–water partition coefficient (Wildman–Crippen LogP) is 3.37. The van der Waals surface area contributed by atoms with Gasteiger partial charge in [-0.1, -0.05) is 23.7 Å². The minimum absolute atomic E-state index is 0.0874. The van der Waals surface area contributed by atoms with Crippen LogP contribution in [0.5, 0.6) is 0 Å². The number of hydrogen-bond donors (Lipinski definition) is 4. The molecule has 3 aromatic rings. The van der Waals surface area contributed by atoms with Gasteiger partial charge in [0.15, 0.2) is 0 Å². The summed E-state index contributed by atoms with van der Waals surface area (Å²) in [7, 11) is 0. The molecule has 0 saturated heterocycles. The predicted molar refractivity (Wildman–Crippen MR) is 114 cm³/mol. The number of carboxylic acid groups (broad SMARTS) is 1. The van der Waals surface area contributed by atoms with Gasteiger partial charge < -0.3 is 10.4 Å². The molecule has 0 atom stereocenters. The molecule has 0 aliphatic rings. The van der Waals surface area contributed by atoms with Crippen molar-refractivity contribution in [3.8, 4) is 0 Å². The summed E-state index contributed by atoms with van der Waals surface area (Å²) in [5, 5.41) is 12.4. The molecule has 0 aliphatic carbocycles. The lowest BCUT2D eigenvalue weighted by atomic mass is 10.1. The van der Waals surface area contributed by atoms with E-state index in [0.29, 0.717) is 16.3 Å². The second-order valence-electron chi connectivity index (χ2n) is 6.30. The van der Waals surface area contributed by atoms with Crippen molar-refractivity contribution in [1.29, 1.82) is 0 Å². The van der Waals surface area contributed by atoms with Gasteiger partial charge in [0.1, 0.15) is 0 Å². The number of halogens is 1. The molecule has 0 fully saturated rings. The van der Waals surface area contributed by atoms with Crippen LogP contribution >= 0.6 is 11.6 Å².